The molecule has 0 fully saturated rings. The predicted octanol–water partition coefficient (Wildman–Crippen LogP) is 1.99. The molecule has 0 spiro atoms. The Morgan fingerprint density at radius 3 is 2.11 bits per heavy atom. The van der Waals surface area contributed by atoms with Crippen LogP contribution in [0.3, 0.4) is 0 Å². The van der Waals surface area contributed by atoms with E-state index in [0.29, 0.717) is 5.76 Å². The summed E-state index contributed by atoms with van der Waals surface area (Å²) in [5.41, 5.74) is 5.02. The van der Waals surface area contributed by atoms with Crippen LogP contribution in [-0.4, -0.2) is 0 Å². The number of allylic oxidation sites excluding steroid dienone is 1. The van der Waals surface area contributed by atoms with Gasteiger partial charge in [0.2, 0.25) is 0 Å². The molecule has 0 saturated carbocycles. The zero-order chi connectivity index (χ0) is 7.70. The lowest BCUT2D eigenvalue weighted by atomic mass is 10.6. The summed E-state index contributed by atoms with van der Waals surface area (Å²) in [6, 6.07) is 0. The topological polar surface area (TPSA) is 35.2 Å². The molecule has 0 rings (SSSR count). The minimum Gasteiger partial charge on any atom is -0.469 e. The molecule has 9 heavy (non-hydrogen) atoms. The van der Waals surface area contributed by atoms with Gasteiger partial charge in [0.25, 0.3) is 0 Å². The van der Waals surface area contributed by atoms with Gasteiger partial charge in [0.1, 0.15) is 5.76 Å². The van der Waals surface area contributed by atoms with Gasteiger partial charge in [-0.25, -0.2) is 0 Å². The van der Waals surface area contributed by atoms with E-state index in [2.05, 4.69) is 6.58 Å². The number of hydrogen-bond donors (Lipinski definition) is 1. The van der Waals surface area contributed by atoms with Crippen LogP contribution < -0.4 is 5.73 Å². The second-order valence-electron chi connectivity index (χ2n) is 1.06. The van der Waals surface area contributed by atoms with Crippen LogP contribution in [0.2, 0.25) is 0 Å². The molecule has 0 atom stereocenters. The van der Waals surface area contributed by atoms with E-state index in [4.69, 9.17) is 10.5 Å². The Bertz CT molecular complexity index is 86.9. The molecule has 2 heteroatoms. The Hall–Kier alpha value is -0.920. The van der Waals surface area contributed by atoms with E-state index < -0.39 is 0 Å². The first-order valence-electron chi connectivity index (χ1n) is 2.97. The third kappa shape index (κ3) is 11.0. The van der Waals surface area contributed by atoms with Crippen molar-refractivity contribution in [2.24, 2.45) is 5.73 Å². The van der Waals surface area contributed by atoms with Crippen molar-refractivity contribution in [1.29, 1.82) is 0 Å². The maximum atomic E-state index is 5.02. The third-order valence-corrected chi connectivity index (χ3v) is 0.504. The molecule has 0 aromatic rings. The average molecular weight is 129 g/mol. The first-order chi connectivity index (χ1) is 4.31. The van der Waals surface area contributed by atoms with Gasteiger partial charge < -0.3 is 10.5 Å². The summed E-state index contributed by atoms with van der Waals surface area (Å²) in [6.07, 6.45) is 2.71. The minimum atomic E-state index is 0.662. The van der Waals surface area contributed by atoms with E-state index in [0.717, 1.165) is 0 Å². The summed E-state index contributed by atoms with van der Waals surface area (Å²) >= 11 is 0. The van der Waals surface area contributed by atoms with Crippen molar-refractivity contribution >= 4 is 0 Å². The zero-order valence-corrected chi connectivity index (χ0v) is 6.35. The highest BCUT2D eigenvalue weighted by atomic mass is 16.5. The van der Waals surface area contributed by atoms with E-state index in [-0.39, 0.29) is 0 Å². The summed E-state index contributed by atoms with van der Waals surface area (Å²) in [4.78, 5) is 0. The standard InChI is InChI=1S/C5H9NO.C2H6/c1-3-7-5(2)4-6;1-2/h3-4H,1,6H2,2H3;1-2H3/b5-4-;. The van der Waals surface area contributed by atoms with Crippen molar-refractivity contribution in [2.75, 3.05) is 0 Å². The normalized spacial score (nSPS) is 9.00. The molecule has 0 aromatic carbocycles. The second kappa shape index (κ2) is 10.1. The highest BCUT2D eigenvalue weighted by Gasteiger charge is 1.75. The minimum absolute atomic E-state index is 0.662. The lowest BCUT2D eigenvalue weighted by molar-refractivity contribution is 0.353. The Labute approximate surface area is 57.0 Å². The Morgan fingerprint density at radius 2 is 2.00 bits per heavy atom. The van der Waals surface area contributed by atoms with Crippen LogP contribution in [0, 0.1) is 0 Å². The quantitative estimate of drug-likeness (QED) is 0.579. The smallest absolute Gasteiger partial charge is 0.115 e. The molecule has 0 saturated heterocycles. The summed E-state index contributed by atoms with van der Waals surface area (Å²) in [5.74, 6) is 0.662. The van der Waals surface area contributed by atoms with Crippen LogP contribution in [0.5, 0.6) is 0 Å². The molecule has 0 aliphatic carbocycles. The number of hydrogen-bond acceptors (Lipinski definition) is 2. The second-order valence-corrected chi connectivity index (χ2v) is 1.06. The van der Waals surface area contributed by atoms with Crippen molar-refractivity contribution in [3.63, 3.8) is 0 Å². The van der Waals surface area contributed by atoms with Gasteiger partial charge in [-0.3, -0.25) is 0 Å². The summed E-state index contributed by atoms with van der Waals surface area (Å²) in [6.45, 7) is 9.08. The Morgan fingerprint density at radius 1 is 1.56 bits per heavy atom. The van der Waals surface area contributed by atoms with Gasteiger partial charge in [-0.2, -0.15) is 0 Å². The monoisotopic (exact) mass is 129 g/mol. The molecule has 0 bridgehead atoms. The van der Waals surface area contributed by atoms with E-state index in [9.17, 15) is 0 Å². The maximum absolute atomic E-state index is 5.02. The van der Waals surface area contributed by atoms with Crippen LogP contribution in [0.1, 0.15) is 20.8 Å². The van der Waals surface area contributed by atoms with Gasteiger partial charge in [0, 0.05) is 6.20 Å². The lowest BCUT2D eigenvalue weighted by Gasteiger charge is -1.92. The first-order valence-corrected chi connectivity index (χ1v) is 2.97. The van der Waals surface area contributed by atoms with Crippen molar-refractivity contribution < 1.29 is 4.74 Å². The largest absolute Gasteiger partial charge is 0.469 e. The van der Waals surface area contributed by atoms with Crippen molar-refractivity contribution in [2.45, 2.75) is 20.8 Å². The molecule has 0 aliphatic heterocycles. The SMILES string of the molecule is C=CO/C(C)=C\N.CC. The average Bonchev–Trinajstić information content (AvgIpc) is 1.93. The van der Waals surface area contributed by atoms with E-state index in [1.807, 2.05) is 13.8 Å². The van der Waals surface area contributed by atoms with Crippen LogP contribution in [-0.2, 0) is 4.74 Å². The molecule has 2 nitrogen and oxygen atoms in total. The van der Waals surface area contributed by atoms with Crippen molar-refractivity contribution in [1.82, 2.24) is 0 Å². The molecule has 0 heterocycles. The van der Waals surface area contributed by atoms with Gasteiger partial charge in [0.05, 0.1) is 6.26 Å². The Balaban J connectivity index is 0. The Kier molecular flexibility index (Phi) is 12.3. The third-order valence-electron chi connectivity index (χ3n) is 0.504. The van der Waals surface area contributed by atoms with Gasteiger partial charge in [0.15, 0.2) is 0 Å². The highest BCUT2D eigenvalue weighted by Crippen LogP contribution is 1.89. The molecule has 0 radical (unpaired) electrons. The number of nitrogens with two attached hydrogens (primary N) is 1. The molecule has 0 unspecified atom stereocenters. The number of rotatable bonds is 2. The molecule has 0 amide bonds. The van der Waals surface area contributed by atoms with Gasteiger partial charge >= 0.3 is 0 Å². The van der Waals surface area contributed by atoms with Gasteiger partial charge in [-0.05, 0) is 6.92 Å². The maximum Gasteiger partial charge on any atom is 0.115 e. The summed E-state index contributed by atoms with van der Waals surface area (Å²) < 4.78 is 4.69. The van der Waals surface area contributed by atoms with Crippen LogP contribution in [0.25, 0.3) is 0 Å². The zero-order valence-electron chi connectivity index (χ0n) is 6.35. The number of ether oxygens (including phenoxy) is 1. The fraction of sp³-hybridized carbons (Fsp3) is 0.429. The molecular weight excluding hydrogens is 114 g/mol. The van der Waals surface area contributed by atoms with E-state index in [1.165, 1.54) is 12.5 Å². The van der Waals surface area contributed by atoms with Gasteiger partial charge in [-0.15, -0.1) is 0 Å². The molecular formula is C7H15NO. The molecule has 0 aromatic heterocycles. The van der Waals surface area contributed by atoms with Crippen LogP contribution in [0.15, 0.2) is 24.8 Å². The molecule has 2 N–H and O–H groups in total. The summed E-state index contributed by atoms with van der Waals surface area (Å²) in [7, 11) is 0. The predicted molar refractivity (Wildman–Crippen MR) is 40.6 cm³/mol. The lowest BCUT2D eigenvalue weighted by Crippen LogP contribution is -1.84. The van der Waals surface area contributed by atoms with Crippen molar-refractivity contribution in [3.05, 3.63) is 24.8 Å². The van der Waals surface area contributed by atoms with Crippen LogP contribution >= 0.6 is 0 Å². The highest BCUT2D eigenvalue weighted by molar-refractivity contribution is 4.84. The fourth-order valence-corrected chi connectivity index (χ4v) is 0.171. The van der Waals surface area contributed by atoms with Crippen molar-refractivity contribution in [3.8, 4) is 0 Å². The van der Waals surface area contributed by atoms with E-state index in [1.54, 1.807) is 6.92 Å². The van der Waals surface area contributed by atoms with Crippen LogP contribution in [0.4, 0.5) is 0 Å². The molecule has 0 aliphatic rings. The summed E-state index contributed by atoms with van der Waals surface area (Å²) in [5, 5.41) is 0. The first kappa shape index (κ1) is 11.0. The molecule has 54 valence electrons. The fourth-order valence-electron chi connectivity index (χ4n) is 0.171. The van der Waals surface area contributed by atoms with E-state index >= 15 is 0 Å². The van der Waals surface area contributed by atoms with Gasteiger partial charge in [-0.1, -0.05) is 20.4 Å².